The number of hydrogen-bond donors (Lipinski definition) is 1. The minimum Gasteiger partial charge on any atom is -0.388 e. The van der Waals surface area contributed by atoms with E-state index in [4.69, 9.17) is 9.84 Å². The number of ether oxygens (including phenoxy) is 1. The van der Waals surface area contributed by atoms with Crippen molar-refractivity contribution in [2.75, 3.05) is 6.61 Å². The maximum absolute atomic E-state index is 9.03. The van der Waals surface area contributed by atoms with E-state index in [-0.39, 0.29) is 6.10 Å². The second-order valence-electron chi connectivity index (χ2n) is 2.48. The summed E-state index contributed by atoms with van der Waals surface area (Å²) in [5.41, 5.74) is -0.611. The van der Waals surface area contributed by atoms with Crippen molar-refractivity contribution in [1.82, 2.24) is 0 Å². The number of rotatable bonds is 1. The van der Waals surface area contributed by atoms with Crippen molar-refractivity contribution >= 4 is 0 Å². The highest BCUT2D eigenvalue weighted by molar-refractivity contribution is 4.85. The normalized spacial score (nSPS) is 30.4. The van der Waals surface area contributed by atoms with E-state index in [1.165, 1.54) is 0 Å². The van der Waals surface area contributed by atoms with Crippen molar-refractivity contribution in [3.05, 3.63) is 0 Å². The Morgan fingerprint density at radius 3 is 2.14 bits per heavy atom. The molecule has 1 N–H and O–H groups in total. The van der Waals surface area contributed by atoms with Crippen LogP contribution in [0, 0.1) is 0 Å². The quantitative estimate of drug-likeness (QED) is 0.478. The smallest absolute Gasteiger partial charge is 0.109 e. The zero-order chi connectivity index (χ0) is 5.49. The third-order valence-electron chi connectivity index (χ3n) is 1.12. The standard InChI is InChI=1S/C5H10O2/c1-5(2,6)4-3-7-4/h4,6H,3H2,1-2H3/t4-/m0/s1. The lowest BCUT2D eigenvalue weighted by atomic mass is 10.1. The summed E-state index contributed by atoms with van der Waals surface area (Å²) in [5.74, 6) is 0. The third-order valence-corrected chi connectivity index (χ3v) is 1.12. The highest BCUT2D eigenvalue weighted by Gasteiger charge is 2.37. The Hall–Kier alpha value is -0.0800. The molecule has 0 saturated carbocycles. The van der Waals surface area contributed by atoms with Crippen LogP contribution in [-0.2, 0) is 4.74 Å². The summed E-state index contributed by atoms with van der Waals surface area (Å²) in [6.45, 7) is 4.23. The van der Waals surface area contributed by atoms with Gasteiger partial charge in [-0.1, -0.05) is 0 Å². The molecule has 7 heavy (non-hydrogen) atoms. The molecule has 1 atom stereocenters. The zero-order valence-corrected chi connectivity index (χ0v) is 4.64. The Morgan fingerprint density at radius 2 is 2.14 bits per heavy atom. The first kappa shape index (κ1) is 5.06. The van der Waals surface area contributed by atoms with Crippen LogP contribution >= 0.6 is 0 Å². The molecule has 2 heteroatoms. The molecule has 0 aromatic rings. The molecule has 1 fully saturated rings. The summed E-state index contributed by atoms with van der Waals surface area (Å²) in [4.78, 5) is 0. The van der Waals surface area contributed by atoms with Crippen LogP contribution in [-0.4, -0.2) is 23.4 Å². The van der Waals surface area contributed by atoms with E-state index in [1.54, 1.807) is 13.8 Å². The molecule has 1 aliphatic heterocycles. The van der Waals surface area contributed by atoms with Crippen molar-refractivity contribution in [2.24, 2.45) is 0 Å². The summed E-state index contributed by atoms with van der Waals surface area (Å²) in [6.07, 6.45) is 0.104. The van der Waals surface area contributed by atoms with Gasteiger partial charge >= 0.3 is 0 Å². The average Bonchev–Trinajstić information content (AvgIpc) is 1.99. The van der Waals surface area contributed by atoms with Crippen LogP contribution in [0.4, 0.5) is 0 Å². The lowest BCUT2D eigenvalue weighted by Crippen LogP contribution is -2.25. The molecule has 0 unspecified atom stereocenters. The summed E-state index contributed by atoms with van der Waals surface area (Å²) < 4.78 is 4.82. The Morgan fingerprint density at radius 1 is 1.71 bits per heavy atom. The lowest BCUT2D eigenvalue weighted by Gasteiger charge is -2.11. The minimum atomic E-state index is -0.611. The highest BCUT2D eigenvalue weighted by Crippen LogP contribution is 2.22. The highest BCUT2D eigenvalue weighted by atomic mass is 16.6. The molecule has 1 aliphatic rings. The first-order valence-corrected chi connectivity index (χ1v) is 2.44. The van der Waals surface area contributed by atoms with Gasteiger partial charge in [0.2, 0.25) is 0 Å². The van der Waals surface area contributed by atoms with Crippen LogP contribution in [0.3, 0.4) is 0 Å². The molecule has 0 radical (unpaired) electrons. The summed E-state index contributed by atoms with van der Waals surface area (Å²) >= 11 is 0. The fourth-order valence-electron chi connectivity index (χ4n) is 0.456. The first-order chi connectivity index (χ1) is 3.11. The van der Waals surface area contributed by atoms with Crippen LogP contribution in [0.15, 0.2) is 0 Å². The Balaban J connectivity index is 2.36. The topological polar surface area (TPSA) is 32.8 Å². The third kappa shape index (κ3) is 1.14. The Labute approximate surface area is 43.1 Å². The number of epoxide rings is 1. The molecule has 42 valence electrons. The van der Waals surface area contributed by atoms with Gasteiger partial charge in [0.15, 0.2) is 0 Å². The van der Waals surface area contributed by atoms with Gasteiger partial charge in [0.25, 0.3) is 0 Å². The maximum Gasteiger partial charge on any atom is 0.109 e. The van der Waals surface area contributed by atoms with Crippen molar-refractivity contribution in [3.63, 3.8) is 0 Å². The minimum absolute atomic E-state index is 0.104. The molecular weight excluding hydrogens is 92.1 g/mol. The predicted octanol–water partition coefficient (Wildman–Crippen LogP) is 0.156. The van der Waals surface area contributed by atoms with Crippen molar-refractivity contribution < 1.29 is 9.84 Å². The van der Waals surface area contributed by atoms with Crippen LogP contribution < -0.4 is 0 Å². The molecular formula is C5H10O2. The fourth-order valence-corrected chi connectivity index (χ4v) is 0.456. The SMILES string of the molecule is CC(C)(O)[C@@H]1CO1. The van der Waals surface area contributed by atoms with Crippen molar-refractivity contribution in [2.45, 2.75) is 25.6 Å². The zero-order valence-electron chi connectivity index (χ0n) is 4.64. The fraction of sp³-hybridized carbons (Fsp3) is 1.00. The number of hydrogen-bond acceptors (Lipinski definition) is 2. The summed E-state index contributed by atoms with van der Waals surface area (Å²) in [6, 6.07) is 0. The van der Waals surface area contributed by atoms with Gasteiger partial charge in [-0.05, 0) is 13.8 Å². The van der Waals surface area contributed by atoms with E-state index in [0.717, 1.165) is 6.61 Å². The Kier molecular flexibility index (Phi) is 0.869. The van der Waals surface area contributed by atoms with Gasteiger partial charge < -0.3 is 9.84 Å². The molecule has 0 aliphatic carbocycles. The molecule has 1 saturated heterocycles. The van der Waals surface area contributed by atoms with Crippen LogP contribution in [0.2, 0.25) is 0 Å². The molecule has 0 aromatic heterocycles. The van der Waals surface area contributed by atoms with Gasteiger partial charge in [-0.25, -0.2) is 0 Å². The maximum atomic E-state index is 9.03. The second kappa shape index (κ2) is 1.20. The van der Waals surface area contributed by atoms with Crippen molar-refractivity contribution in [1.29, 1.82) is 0 Å². The van der Waals surface area contributed by atoms with E-state index in [0.29, 0.717) is 0 Å². The largest absolute Gasteiger partial charge is 0.388 e. The monoisotopic (exact) mass is 102 g/mol. The molecule has 2 nitrogen and oxygen atoms in total. The molecule has 0 amide bonds. The average molecular weight is 102 g/mol. The molecule has 0 bridgehead atoms. The van der Waals surface area contributed by atoms with E-state index in [1.807, 2.05) is 0 Å². The molecule has 1 rings (SSSR count). The number of aliphatic hydroxyl groups is 1. The molecule has 0 spiro atoms. The van der Waals surface area contributed by atoms with Crippen molar-refractivity contribution in [3.8, 4) is 0 Å². The van der Waals surface area contributed by atoms with Crippen LogP contribution in [0.5, 0.6) is 0 Å². The summed E-state index contributed by atoms with van der Waals surface area (Å²) in [7, 11) is 0. The van der Waals surface area contributed by atoms with Gasteiger partial charge in [0, 0.05) is 0 Å². The predicted molar refractivity (Wildman–Crippen MR) is 26.0 cm³/mol. The van der Waals surface area contributed by atoms with E-state index < -0.39 is 5.60 Å². The summed E-state index contributed by atoms with van der Waals surface area (Å²) in [5, 5.41) is 9.03. The van der Waals surface area contributed by atoms with Gasteiger partial charge in [-0.3, -0.25) is 0 Å². The van der Waals surface area contributed by atoms with Gasteiger partial charge in [-0.15, -0.1) is 0 Å². The van der Waals surface area contributed by atoms with E-state index >= 15 is 0 Å². The molecule has 1 heterocycles. The first-order valence-electron chi connectivity index (χ1n) is 2.44. The second-order valence-corrected chi connectivity index (χ2v) is 2.48. The van der Waals surface area contributed by atoms with E-state index in [2.05, 4.69) is 0 Å². The van der Waals surface area contributed by atoms with Crippen LogP contribution in [0.25, 0.3) is 0 Å². The van der Waals surface area contributed by atoms with Gasteiger partial charge in [0.1, 0.15) is 6.10 Å². The van der Waals surface area contributed by atoms with Crippen LogP contribution in [0.1, 0.15) is 13.8 Å². The molecule has 0 aromatic carbocycles. The van der Waals surface area contributed by atoms with Gasteiger partial charge in [-0.2, -0.15) is 0 Å². The Bertz CT molecular complexity index is 68.6. The van der Waals surface area contributed by atoms with E-state index in [9.17, 15) is 0 Å². The lowest BCUT2D eigenvalue weighted by molar-refractivity contribution is 0.0482. The van der Waals surface area contributed by atoms with Gasteiger partial charge in [0.05, 0.1) is 12.2 Å².